The average Bonchev–Trinajstić information content (AvgIpc) is 2.99. The van der Waals surface area contributed by atoms with Gasteiger partial charge in [0.15, 0.2) is 5.13 Å². The molecule has 0 unspecified atom stereocenters. The SMILES string of the molecule is CCOc1ccc(-c2nc(Nc3ccccc3Cl)sc2CC(=O)[O-])cc1. The van der Waals surface area contributed by atoms with Crippen molar-refractivity contribution in [2.75, 3.05) is 11.9 Å². The largest absolute Gasteiger partial charge is 0.550 e. The first-order chi connectivity index (χ1) is 12.6. The van der Waals surface area contributed by atoms with Crippen molar-refractivity contribution in [3.63, 3.8) is 0 Å². The summed E-state index contributed by atoms with van der Waals surface area (Å²) >= 11 is 7.43. The van der Waals surface area contributed by atoms with Crippen LogP contribution in [-0.2, 0) is 11.2 Å². The topological polar surface area (TPSA) is 74.3 Å². The van der Waals surface area contributed by atoms with Crippen molar-refractivity contribution in [2.24, 2.45) is 0 Å². The van der Waals surface area contributed by atoms with Gasteiger partial charge in [-0.3, -0.25) is 0 Å². The van der Waals surface area contributed by atoms with E-state index in [-0.39, 0.29) is 6.42 Å². The molecule has 5 nitrogen and oxygen atoms in total. The number of benzene rings is 2. The van der Waals surface area contributed by atoms with Gasteiger partial charge in [-0.2, -0.15) is 0 Å². The van der Waals surface area contributed by atoms with Crippen molar-refractivity contribution >= 4 is 39.7 Å². The number of halogens is 1. The van der Waals surface area contributed by atoms with Crippen molar-refractivity contribution < 1.29 is 14.6 Å². The molecule has 0 aliphatic rings. The molecule has 0 radical (unpaired) electrons. The van der Waals surface area contributed by atoms with Gasteiger partial charge >= 0.3 is 0 Å². The molecule has 0 fully saturated rings. The standard InChI is InChI=1S/C19H17ClN2O3S/c1-2-25-13-9-7-12(8-10-13)18-16(11-17(23)24)26-19(22-18)21-15-6-4-3-5-14(15)20/h3-10H,2,11H2,1H3,(H,21,22)(H,23,24)/p-1. The van der Waals surface area contributed by atoms with Crippen LogP contribution in [0.4, 0.5) is 10.8 Å². The summed E-state index contributed by atoms with van der Waals surface area (Å²) in [6.45, 7) is 2.50. The summed E-state index contributed by atoms with van der Waals surface area (Å²) in [5.74, 6) is -0.396. The Labute approximate surface area is 160 Å². The van der Waals surface area contributed by atoms with Crippen LogP contribution in [-0.4, -0.2) is 17.6 Å². The molecule has 0 spiro atoms. The van der Waals surface area contributed by atoms with Crippen LogP contribution >= 0.6 is 22.9 Å². The van der Waals surface area contributed by atoms with Gasteiger partial charge in [0, 0.05) is 22.8 Å². The van der Waals surface area contributed by atoms with Gasteiger partial charge in [-0.15, -0.1) is 11.3 Å². The van der Waals surface area contributed by atoms with Crippen molar-refractivity contribution in [1.82, 2.24) is 4.98 Å². The molecular formula is C19H16ClN2O3S-. The summed E-state index contributed by atoms with van der Waals surface area (Å²) in [6.07, 6.45) is -0.204. The molecule has 26 heavy (non-hydrogen) atoms. The zero-order chi connectivity index (χ0) is 18.5. The minimum Gasteiger partial charge on any atom is -0.550 e. The van der Waals surface area contributed by atoms with Crippen LogP contribution in [0.15, 0.2) is 48.5 Å². The molecule has 0 saturated heterocycles. The number of nitrogens with one attached hydrogen (secondary N) is 1. The fraction of sp³-hybridized carbons (Fsp3) is 0.158. The van der Waals surface area contributed by atoms with E-state index in [1.165, 1.54) is 11.3 Å². The molecule has 0 amide bonds. The zero-order valence-corrected chi connectivity index (χ0v) is 15.6. The second-order valence-electron chi connectivity index (χ2n) is 5.40. The van der Waals surface area contributed by atoms with Gasteiger partial charge in [-0.1, -0.05) is 23.7 Å². The number of rotatable bonds is 7. The Hall–Kier alpha value is -2.57. The summed E-state index contributed by atoms with van der Waals surface area (Å²) in [7, 11) is 0. The maximum Gasteiger partial charge on any atom is 0.188 e. The third kappa shape index (κ3) is 4.33. The van der Waals surface area contributed by atoms with Crippen LogP contribution in [0.1, 0.15) is 11.8 Å². The van der Waals surface area contributed by atoms with Crippen LogP contribution in [0, 0.1) is 0 Å². The van der Waals surface area contributed by atoms with E-state index in [4.69, 9.17) is 16.3 Å². The van der Waals surface area contributed by atoms with Crippen LogP contribution in [0.5, 0.6) is 5.75 Å². The van der Waals surface area contributed by atoms with Crippen LogP contribution in [0.3, 0.4) is 0 Å². The second-order valence-corrected chi connectivity index (χ2v) is 6.89. The van der Waals surface area contributed by atoms with E-state index < -0.39 is 5.97 Å². The molecule has 134 valence electrons. The number of ether oxygens (including phenoxy) is 1. The third-order valence-electron chi connectivity index (χ3n) is 3.56. The van der Waals surface area contributed by atoms with E-state index in [1.54, 1.807) is 6.07 Å². The Morgan fingerprint density at radius 1 is 1.23 bits per heavy atom. The predicted molar refractivity (Wildman–Crippen MR) is 102 cm³/mol. The summed E-state index contributed by atoms with van der Waals surface area (Å²) in [5, 5.41) is 15.4. The third-order valence-corrected chi connectivity index (χ3v) is 4.86. The van der Waals surface area contributed by atoms with Crippen LogP contribution < -0.4 is 15.2 Å². The summed E-state index contributed by atoms with van der Waals surface area (Å²) < 4.78 is 5.44. The molecule has 0 bridgehead atoms. The van der Waals surface area contributed by atoms with E-state index in [0.717, 1.165) is 11.3 Å². The van der Waals surface area contributed by atoms with Gasteiger partial charge in [0.25, 0.3) is 0 Å². The molecule has 3 aromatic rings. The molecule has 1 N–H and O–H groups in total. The number of carbonyl (C=O) groups is 1. The number of nitrogens with zero attached hydrogens (tertiary/aromatic N) is 1. The van der Waals surface area contributed by atoms with E-state index in [2.05, 4.69) is 10.3 Å². The Morgan fingerprint density at radius 2 is 1.96 bits per heavy atom. The smallest absolute Gasteiger partial charge is 0.188 e. The van der Waals surface area contributed by atoms with Crippen LogP contribution in [0.2, 0.25) is 5.02 Å². The number of aliphatic carboxylic acids is 1. The highest BCUT2D eigenvalue weighted by molar-refractivity contribution is 7.16. The molecule has 1 heterocycles. The predicted octanol–water partition coefficient (Wildman–Crippen LogP) is 3.90. The number of hydrogen-bond acceptors (Lipinski definition) is 6. The molecule has 0 atom stereocenters. The highest BCUT2D eigenvalue weighted by atomic mass is 35.5. The van der Waals surface area contributed by atoms with Gasteiger partial charge in [0.05, 0.1) is 23.0 Å². The minimum absolute atomic E-state index is 0.204. The number of carbonyl (C=O) groups excluding carboxylic acids is 1. The zero-order valence-electron chi connectivity index (χ0n) is 14.0. The number of anilines is 2. The monoisotopic (exact) mass is 387 g/mol. The number of aromatic nitrogens is 1. The van der Waals surface area contributed by atoms with Gasteiger partial charge < -0.3 is 20.0 Å². The quantitative estimate of drug-likeness (QED) is 0.665. The Kier molecular flexibility index (Phi) is 5.75. The first-order valence-electron chi connectivity index (χ1n) is 8.01. The number of thiazole rings is 1. The van der Waals surface area contributed by atoms with E-state index >= 15 is 0 Å². The maximum absolute atomic E-state index is 11.1. The van der Waals surface area contributed by atoms with Crippen LogP contribution in [0.25, 0.3) is 11.3 Å². The lowest BCUT2D eigenvalue weighted by Crippen LogP contribution is -2.24. The summed E-state index contributed by atoms with van der Waals surface area (Å²) in [5.41, 5.74) is 2.13. The van der Waals surface area contributed by atoms with Gasteiger partial charge in [-0.25, -0.2) is 4.98 Å². The Balaban J connectivity index is 1.94. The molecule has 3 rings (SSSR count). The number of carboxylic acids is 1. The van der Waals surface area contributed by atoms with E-state index in [0.29, 0.717) is 33.0 Å². The van der Waals surface area contributed by atoms with Crippen molar-refractivity contribution in [1.29, 1.82) is 0 Å². The first kappa shape index (κ1) is 18.2. The lowest BCUT2D eigenvalue weighted by atomic mass is 10.1. The van der Waals surface area contributed by atoms with Crippen molar-refractivity contribution in [3.8, 4) is 17.0 Å². The summed E-state index contributed by atoms with van der Waals surface area (Å²) in [6, 6.07) is 14.7. The lowest BCUT2D eigenvalue weighted by Gasteiger charge is -2.06. The minimum atomic E-state index is -1.15. The van der Waals surface area contributed by atoms with E-state index in [1.807, 2.05) is 49.4 Å². The second kappa shape index (κ2) is 8.21. The molecule has 0 aliphatic heterocycles. The van der Waals surface area contributed by atoms with Crippen molar-refractivity contribution in [3.05, 3.63) is 58.4 Å². The molecule has 2 aromatic carbocycles. The molecule has 7 heteroatoms. The normalized spacial score (nSPS) is 10.5. The Bertz CT molecular complexity index is 909. The highest BCUT2D eigenvalue weighted by Gasteiger charge is 2.14. The van der Waals surface area contributed by atoms with Gasteiger partial charge in [0.2, 0.25) is 0 Å². The maximum atomic E-state index is 11.1. The fourth-order valence-corrected chi connectivity index (χ4v) is 3.60. The number of carboxylic acid groups (broad SMARTS) is 1. The van der Waals surface area contributed by atoms with Gasteiger partial charge in [-0.05, 0) is 43.3 Å². The lowest BCUT2D eigenvalue weighted by molar-refractivity contribution is -0.304. The number of hydrogen-bond donors (Lipinski definition) is 1. The number of para-hydroxylation sites is 1. The molecule has 0 aliphatic carbocycles. The molecule has 1 aromatic heterocycles. The summed E-state index contributed by atoms with van der Waals surface area (Å²) in [4.78, 5) is 16.3. The molecule has 0 saturated carbocycles. The van der Waals surface area contributed by atoms with Crippen molar-refractivity contribution in [2.45, 2.75) is 13.3 Å². The average molecular weight is 388 g/mol. The fourth-order valence-electron chi connectivity index (χ4n) is 2.44. The first-order valence-corrected chi connectivity index (χ1v) is 9.20. The molecular weight excluding hydrogens is 372 g/mol. The Morgan fingerprint density at radius 3 is 2.62 bits per heavy atom. The van der Waals surface area contributed by atoms with Gasteiger partial charge in [0.1, 0.15) is 5.75 Å². The van der Waals surface area contributed by atoms with E-state index in [9.17, 15) is 9.90 Å². The highest BCUT2D eigenvalue weighted by Crippen LogP contribution is 2.35.